The number of benzene rings is 3. The Balaban J connectivity index is 1.26. The minimum atomic E-state index is -0.199. The topological polar surface area (TPSA) is 29.5 Å². The quantitative estimate of drug-likeness (QED) is 0.601. The van der Waals surface area contributed by atoms with Crippen LogP contribution in [0.3, 0.4) is 0 Å². The van der Waals surface area contributed by atoms with Gasteiger partial charge in [0.15, 0.2) is 0 Å². The maximum Gasteiger partial charge on any atom is 0.246 e. The highest BCUT2D eigenvalue weighted by atomic mass is 16.5. The molecule has 0 saturated carbocycles. The molecule has 0 atom stereocenters. The van der Waals surface area contributed by atoms with Crippen LogP contribution in [0, 0.1) is 0 Å². The molecule has 0 aromatic heterocycles. The second kappa shape index (κ2) is 6.92. The molecule has 3 nitrogen and oxygen atoms in total. The van der Waals surface area contributed by atoms with Gasteiger partial charge in [-0.05, 0) is 52.4 Å². The van der Waals surface area contributed by atoms with Crippen LogP contribution in [0.15, 0.2) is 72.8 Å². The van der Waals surface area contributed by atoms with Crippen LogP contribution in [0.25, 0.3) is 16.8 Å². The van der Waals surface area contributed by atoms with E-state index in [9.17, 15) is 4.79 Å². The number of amides is 1. The summed E-state index contributed by atoms with van der Waals surface area (Å²) >= 11 is 0. The van der Waals surface area contributed by atoms with Crippen LogP contribution in [0.1, 0.15) is 29.5 Å². The zero-order valence-electron chi connectivity index (χ0n) is 15.8. The van der Waals surface area contributed by atoms with Crippen molar-refractivity contribution in [2.75, 3.05) is 13.1 Å². The van der Waals surface area contributed by atoms with Crippen molar-refractivity contribution in [3.05, 3.63) is 89.5 Å². The summed E-state index contributed by atoms with van der Waals surface area (Å²) < 4.78 is 6.19. The molecule has 1 saturated heterocycles. The van der Waals surface area contributed by atoms with Gasteiger partial charge in [0.25, 0.3) is 0 Å². The van der Waals surface area contributed by atoms with E-state index in [-0.39, 0.29) is 11.5 Å². The molecular formula is C25H23NO2. The van der Waals surface area contributed by atoms with Crippen molar-refractivity contribution in [2.45, 2.75) is 25.0 Å². The maximum atomic E-state index is 12.7. The largest absolute Gasteiger partial charge is 0.365 e. The summed E-state index contributed by atoms with van der Waals surface area (Å²) in [6, 6.07) is 23.0. The van der Waals surface area contributed by atoms with E-state index in [1.165, 1.54) is 21.9 Å². The van der Waals surface area contributed by atoms with Crippen LogP contribution in [-0.2, 0) is 21.7 Å². The van der Waals surface area contributed by atoms with E-state index in [1.54, 1.807) is 6.08 Å². The number of nitrogens with zero attached hydrogens (tertiary/aromatic N) is 1. The highest BCUT2D eigenvalue weighted by molar-refractivity contribution is 5.93. The van der Waals surface area contributed by atoms with Gasteiger partial charge < -0.3 is 9.64 Å². The standard InChI is InChI=1S/C25H23NO2/c27-24(12-10-19-9-11-20-5-1-2-6-21(20)17-19)26-15-13-25(14-16-26)23-8-4-3-7-22(23)18-28-25/h1-12,17H,13-16,18H2. The van der Waals surface area contributed by atoms with Crippen molar-refractivity contribution >= 4 is 22.8 Å². The Kier molecular flexibility index (Phi) is 4.25. The van der Waals surface area contributed by atoms with Gasteiger partial charge in [0, 0.05) is 19.2 Å². The molecule has 140 valence electrons. The normalized spacial score (nSPS) is 18.1. The first-order chi connectivity index (χ1) is 13.7. The van der Waals surface area contributed by atoms with E-state index in [1.807, 2.05) is 23.1 Å². The highest BCUT2D eigenvalue weighted by Gasteiger charge is 2.42. The fourth-order valence-corrected chi connectivity index (χ4v) is 4.47. The Morgan fingerprint density at radius 3 is 2.54 bits per heavy atom. The van der Waals surface area contributed by atoms with E-state index >= 15 is 0 Å². The number of rotatable bonds is 2. The first-order valence-electron chi connectivity index (χ1n) is 9.92. The van der Waals surface area contributed by atoms with Gasteiger partial charge in [-0.3, -0.25) is 4.79 Å². The lowest BCUT2D eigenvalue weighted by atomic mass is 9.84. The van der Waals surface area contributed by atoms with Crippen LogP contribution in [0.5, 0.6) is 0 Å². The smallest absolute Gasteiger partial charge is 0.246 e. The Bertz CT molecular complexity index is 1060. The molecule has 3 aromatic carbocycles. The van der Waals surface area contributed by atoms with Gasteiger partial charge in [0.1, 0.15) is 0 Å². The third-order valence-electron chi connectivity index (χ3n) is 6.09. The summed E-state index contributed by atoms with van der Waals surface area (Å²) in [6.45, 7) is 2.15. The van der Waals surface area contributed by atoms with E-state index in [0.717, 1.165) is 31.5 Å². The third kappa shape index (κ3) is 3.02. The number of fused-ring (bicyclic) bond motifs is 3. The number of ether oxygens (including phenoxy) is 1. The summed E-state index contributed by atoms with van der Waals surface area (Å²) in [7, 11) is 0. The summed E-state index contributed by atoms with van der Waals surface area (Å²) in [5.74, 6) is 0.0780. The van der Waals surface area contributed by atoms with Crippen molar-refractivity contribution in [3.63, 3.8) is 0 Å². The highest BCUT2D eigenvalue weighted by Crippen LogP contribution is 2.43. The molecule has 0 unspecified atom stereocenters. The maximum absolute atomic E-state index is 12.7. The van der Waals surface area contributed by atoms with E-state index < -0.39 is 0 Å². The van der Waals surface area contributed by atoms with Crippen molar-refractivity contribution in [1.82, 2.24) is 4.90 Å². The zero-order valence-corrected chi connectivity index (χ0v) is 15.8. The average molecular weight is 369 g/mol. The molecule has 0 radical (unpaired) electrons. The second-order valence-electron chi connectivity index (χ2n) is 7.71. The predicted octanol–water partition coefficient (Wildman–Crippen LogP) is 4.90. The van der Waals surface area contributed by atoms with Gasteiger partial charge in [0.2, 0.25) is 5.91 Å². The van der Waals surface area contributed by atoms with Gasteiger partial charge in [-0.15, -0.1) is 0 Å². The lowest BCUT2D eigenvalue weighted by molar-refractivity contribution is -0.133. The lowest BCUT2D eigenvalue weighted by Crippen LogP contribution is -2.44. The molecule has 0 bridgehead atoms. The molecule has 0 N–H and O–H groups in total. The summed E-state index contributed by atoms with van der Waals surface area (Å²) in [6.07, 6.45) is 5.34. The van der Waals surface area contributed by atoms with Crippen molar-refractivity contribution in [2.24, 2.45) is 0 Å². The predicted molar refractivity (Wildman–Crippen MR) is 112 cm³/mol. The zero-order chi connectivity index (χ0) is 19.0. The number of likely N-dealkylation sites (tertiary alicyclic amines) is 1. The van der Waals surface area contributed by atoms with Crippen LogP contribution in [-0.4, -0.2) is 23.9 Å². The van der Waals surface area contributed by atoms with E-state index in [2.05, 4.69) is 54.6 Å². The van der Waals surface area contributed by atoms with Crippen LogP contribution >= 0.6 is 0 Å². The Labute approximate surface area is 165 Å². The molecule has 1 fully saturated rings. The number of hydrogen-bond acceptors (Lipinski definition) is 2. The van der Waals surface area contributed by atoms with Gasteiger partial charge >= 0.3 is 0 Å². The average Bonchev–Trinajstić information content (AvgIpc) is 3.11. The second-order valence-corrected chi connectivity index (χ2v) is 7.71. The molecule has 0 aliphatic carbocycles. The number of piperidine rings is 1. The molecular weight excluding hydrogens is 346 g/mol. The van der Waals surface area contributed by atoms with Gasteiger partial charge in [0.05, 0.1) is 12.2 Å². The first-order valence-corrected chi connectivity index (χ1v) is 9.92. The summed E-state index contributed by atoms with van der Waals surface area (Å²) in [5.41, 5.74) is 3.45. The molecule has 1 spiro atoms. The van der Waals surface area contributed by atoms with Gasteiger partial charge in [-0.1, -0.05) is 60.7 Å². The Hall–Kier alpha value is -2.91. The molecule has 5 rings (SSSR count). The van der Waals surface area contributed by atoms with E-state index in [0.29, 0.717) is 6.61 Å². The van der Waals surface area contributed by atoms with Crippen molar-refractivity contribution in [3.8, 4) is 0 Å². The number of carbonyl (C=O) groups is 1. The molecule has 3 heteroatoms. The fourth-order valence-electron chi connectivity index (χ4n) is 4.47. The molecule has 28 heavy (non-hydrogen) atoms. The third-order valence-corrected chi connectivity index (χ3v) is 6.09. The van der Waals surface area contributed by atoms with Crippen molar-refractivity contribution in [1.29, 1.82) is 0 Å². The molecule has 2 heterocycles. The SMILES string of the molecule is O=C(C=Cc1ccc2ccccc2c1)N1CCC2(CC1)OCc1ccccc12. The Morgan fingerprint density at radius 2 is 1.68 bits per heavy atom. The molecule has 2 aliphatic rings. The molecule has 2 aliphatic heterocycles. The Morgan fingerprint density at radius 1 is 0.929 bits per heavy atom. The number of carbonyl (C=O) groups excluding carboxylic acids is 1. The van der Waals surface area contributed by atoms with Crippen LogP contribution in [0.2, 0.25) is 0 Å². The fraction of sp³-hybridized carbons (Fsp3) is 0.240. The lowest BCUT2D eigenvalue weighted by Gasteiger charge is -2.39. The van der Waals surface area contributed by atoms with Gasteiger partial charge in [-0.25, -0.2) is 0 Å². The number of hydrogen-bond donors (Lipinski definition) is 0. The van der Waals surface area contributed by atoms with Crippen molar-refractivity contribution < 1.29 is 9.53 Å². The first kappa shape index (κ1) is 17.2. The minimum absolute atomic E-state index is 0.0780. The summed E-state index contributed by atoms with van der Waals surface area (Å²) in [5, 5.41) is 2.40. The van der Waals surface area contributed by atoms with E-state index in [4.69, 9.17) is 4.74 Å². The monoisotopic (exact) mass is 369 g/mol. The van der Waals surface area contributed by atoms with Crippen LogP contribution in [0.4, 0.5) is 0 Å². The summed E-state index contributed by atoms with van der Waals surface area (Å²) in [4.78, 5) is 14.6. The van der Waals surface area contributed by atoms with Crippen LogP contribution < -0.4 is 0 Å². The molecule has 3 aromatic rings. The minimum Gasteiger partial charge on any atom is -0.365 e. The molecule has 1 amide bonds. The van der Waals surface area contributed by atoms with Gasteiger partial charge in [-0.2, -0.15) is 0 Å².